The quantitative estimate of drug-likeness (QED) is 0.179. The fourth-order valence-electron chi connectivity index (χ4n) is 7.63. The summed E-state index contributed by atoms with van der Waals surface area (Å²) in [5, 5.41) is 13.8. The average molecular weight is 838 g/mol. The van der Waals surface area contributed by atoms with E-state index in [9.17, 15) is 14.0 Å². The topological polar surface area (TPSA) is 193 Å². The zero-order valence-electron chi connectivity index (χ0n) is 34.4. The van der Waals surface area contributed by atoms with E-state index in [1.807, 2.05) is 60.0 Å². The highest BCUT2D eigenvalue weighted by atomic mass is 19.1. The van der Waals surface area contributed by atoms with Gasteiger partial charge in [0.25, 0.3) is 23.6 Å². The number of ether oxygens (including phenoxy) is 3. The van der Waals surface area contributed by atoms with Gasteiger partial charge in [-0.25, -0.2) is 14.2 Å². The van der Waals surface area contributed by atoms with Crippen molar-refractivity contribution in [3.05, 3.63) is 84.1 Å². The third kappa shape index (κ3) is 9.07. The predicted octanol–water partition coefficient (Wildman–Crippen LogP) is 6.11. The van der Waals surface area contributed by atoms with Crippen molar-refractivity contribution in [3.8, 4) is 22.9 Å². The number of rotatable bonds is 7. The number of benzene rings is 1. The van der Waals surface area contributed by atoms with E-state index in [1.165, 1.54) is 25.4 Å². The molecule has 0 N–H and O–H groups in total. The molecule has 10 rings (SSSR count). The number of fused-ring (bicyclic) bond motifs is 1. The van der Waals surface area contributed by atoms with Gasteiger partial charge in [-0.3, -0.25) is 14.5 Å². The number of likely N-dealkylation sites (tertiary alicyclic amines) is 1. The number of halogens is 1. The molecule has 61 heavy (non-hydrogen) atoms. The summed E-state index contributed by atoms with van der Waals surface area (Å²) >= 11 is 0. The van der Waals surface area contributed by atoms with E-state index in [4.69, 9.17) is 23.3 Å². The molecule has 4 aliphatic rings. The lowest BCUT2D eigenvalue weighted by atomic mass is 9.96. The number of piperidine rings is 1. The second kappa shape index (κ2) is 18.9. The molecule has 5 aromatic heterocycles. The van der Waals surface area contributed by atoms with Gasteiger partial charge in [0.1, 0.15) is 0 Å². The minimum atomic E-state index is -0.615. The number of aromatic nitrogens is 8. The summed E-state index contributed by atoms with van der Waals surface area (Å²) < 4.78 is 42.6. The van der Waals surface area contributed by atoms with E-state index in [1.54, 1.807) is 16.0 Å². The largest absolute Gasteiger partial charge is 0.453 e. The first kappa shape index (κ1) is 41.4. The van der Waals surface area contributed by atoms with Crippen molar-refractivity contribution < 1.29 is 37.2 Å². The molecule has 18 nitrogen and oxygen atoms in total. The van der Waals surface area contributed by atoms with Crippen LogP contribution in [0.15, 0.2) is 70.1 Å². The number of piperazine rings is 1. The maximum Gasteiger partial charge on any atom is 0.409 e. The Bertz CT molecular complexity index is 2410. The number of methoxy groups -OCH3 is 1. The molecule has 1 aromatic carbocycles. The standard InChI is InChI=1S/C22H20FN7O3.C18H22N4O4.C2H6/c23-17-2-1-5-24-19(17)21(31)28-6-8-29(9-7-28)22-26-20(33-27-22)14-3-4-15-11-25-30(18(15)10-14)16-12-32-13-16;1-24-18(23)22-8-5-12(6-9-22)16-20-17(26-21-16)13-4-7-19-14(11-13)15-3-2-10-25-15;1-2/h1-5,10-11,16H,6-9,12-13H2;4,7,11-12,15H,2-3,5-6,8-10H2,1H3;1-2H3. The van der Waals surface area contributed by atoms with Gasteiger partial charge < -0.3 is 38.0 Å². The van der Waals surface area contributed by atoms with E-state index >= 15 is 0 Å². The van der Waals surface area contributed by atoms with Crippen molar-refractivity contribution in [2.24, 2.45) is 0 Å². The third-order valence-electron chi connectivity index (χ3n) is 11.1. The zero-order valence-corrected chi connectivity index (χ0v) is 34.4. The van der Waals surface area contributed by atoms with E-state index < -0.39 is 11.7 Å². The zero-order chi connectivity index (χ0) is 42.3. The first-order valence-corrected chi connectivity index (χ1v) is 20.7. The second-order valence-electron chi connectivity index (χ2n) is 14.7. The first-order valence-electron chi connectivity index (χ1n) is 20.7. The Hall–Kier alpha value is -6.34. The fourth-order valence-corrected chi connectivity index (χ4v) is 7.63. The monoisotopic (exact) mass is 837 g/mol. The van der Waals surface area contributed by atoms with Crippen LogP contribution in [-0.2, 0) is 14.2 Å². The lowest BCUT2D eigenvalue weighted by Gasteiger charge is -2.33. The molecule has 4 fully saturated rings. The van der Waals surface area contributed by atoms with E-state index in [0.717, 1.165) is 60.0 Å². The summed E-state index contributed by atoms with van der Waals surface area (Å²) in [4.78, 5) is 46.8. The van der Waals surface area contributed by atoms with Gasteiger partial charge in [0.2, 0.25) is 0 Å². The number of hydrogen-bond donors (Lipinski definition) is 0. The molecule has 4 aliphatic heterocycles. The summed E-state index contributed by atoms with van der Waals surface area (Å²) in [6.45, 7) is 9.21. The van der Waals surface area contributed by atoms with Crippen LogP contribution in [-0.4, -0.2) is 128 Å². The van der Waals surface area contributed by atoms with Crippen LogP contribution in [0.25, 0.3) is 33.8 Å². The van der Waals surface area contributed by atoms with Crippen LogP contribution >= 0.6 is 0 Å². The molecule has 2 amide bonds. The van der Waals surface area contributed by atoms with Gasteiger partial charge in [-0.1, -0.05) is 25.1 Å². The van der Waals surface area contributed by atoms with Gasteiger partial charge in [-0.15, -0.1) is 0 Å². The Balaban J connectivity index is 0.000000166. The molecule has 320 valence electrons. The maximum atomic E-state index is 13.9. The van der Waals surface area contributed by atoms with Crippen molar-refractivity contribution in [1.82, 2.24) is 49.8 Å². The highest BCUT2D eigenvalue weighted by Crippen LogP contribution is 2.32. The molecule has 6 aromatic rings. The van der Waals surface area contributed by atoms with Crippen LogP contribution in [0.3, 0.4) is 0 Å². The normalized spacial score (nSPS) is 18.2. The Kier molecular flexibility index (Phi) is 12.8. The molecule has 4 saturated heterocycles. The lowest BCUT2D eigenvalue weighted by Crippen LogP contribution is -2.49. The molecule has 0 radical (unpaired) electrons. The van der Waals surface area contributed by atoms with Crippen molar-refractivity contribution in [1.29, 1.82) is 0 Å². The molecule has 9 heterocycles. The average Bonchev–Trinajstić information content (AvgIpc) is 4.15. The summed E-state index contributed by atoms with van der Waals surface area (Å²) in [5.74, 6) is 1.23. The van der Waals surface area contributed by atoms with Gasteiger partial charge in [0.05, 0.1) is 49.9 Å². The summed E-state index contributed by atoms with van der Waals surface area (Å²) in [5.41, 5.74) is 3.41. The molecular weight excluding hydrogens is 790 g/mol. The van der Waals surface area contributed by atoms with Crippen LogP contribution in [0.2, 0.25) is 0 Å². The van der Waals surface area contributed by atoms with Gasteiger partial charge in [-0.05, 0) is 67.2 Å². The van der Waals surface area contributed by atoms with Gasteiger partial charge in [-0.2, -0.15) is 15.1 Å². The van der Waals surface area contributed by atoms with Crippen molar-refractivity contribution in [2.45, 2.75) is 57.6 Å². The van der Waals surface area contributed by atoms with E-state index in [0.29, 0.717) is 76.0 Å². The number of hydrogen-bond acceptors (Lipinski definition) is 15. The smallest absolute Gasteiger partial charge is 0.409 e. The van der Waals surface area contributed by atoms with Gasteiger partial charge >= 0.3 is 6.09 Å². The minimum Gasteiger partial charge on any atom is -0.453 e. The number of nitrogens with zero attached hydrogens (tertiary/aromatic N) is 11. The Morgan fingerprint density at radius 2 is 1.61 bits per heavy atom. The highest BCUT2D eigenvalue weighted by molar-refractivity contribution is 5.92. The Morgan fingerprint density at radius 3 is 2.33 bits per heavy atom. The van der Waals surface area contributed by atoms with Crippen LogP contribution < -0.4 is 4.90 Å². The Labute approximate surface area is 351 Å². The van der Waals surface area contributed by atoms with Gasteiger partial charge in [0, 0.05) is 80.7 Å². The van der Waals surface area contributed by atoms with Crippen LogP contribution in [0.4, 0.5) is 15.1 Å². The molecule has 0 bridgehead atoms. The first-order chi connectivity index (χ1) is 29.9. The SMILES string of the molecule is CC.COC(=O)N1CCC(c2noc(-c3ccnc(C4CCCO4)c3)n2)CC1.O=C(c1ncccc1F)N1CCN(c2noc(-c3ccc4cnn(C5COC5)c4c3)n2)CC1. The fraction of sp³-hybridized carbons (Fsp3) is 0.452. The molecular formula is C42H48FN11O7. The molecule has 0 saturated carbocycles. The second-order valence-corrected chi connectivity index (χ2v) is 14.7. The molecule has 1 unspecified atom stereocenters. The molecule has 1 atom stereocenters. The lowest BCUT2D eigenvalue weighted by molar-refractivity contribution is -0.0266. The summed E-state index contributed by atoms with van der Waals surface area (Å²) in [6.07, 6.45) is 8.43. The number of carbonyl (C=O) groups excluding carboxylic acids is 2. The van der Waals surface area contributed by atoms with Crippen molar-refractivity contribution >= 4 is 28.9 Å². The summed E-state index contributed by atoms with van der Waals surface area (Å²) in [7, 11) is 1.40. The minimum absolute atomic E-state index is 0.0555. The van der Waals surface area contributed by atoms with Crippen LogP contribution in [0.1, 0.15) is 79.6 Å². The van der Waals surface area contributed by atoms with Crippen molar-refractivity contribution in [2.75, 3.05) is 71.1 Å². The molecule has 19 heteroatoms. The summed E-state index contributed by atoms with van der Waals surface area (Å²) in [6, 6.07) is 12.7. The van der Waals surface area contributed by atoms with Crippen molar-refractivity contribution in [3.63, 3.8) is 0 Å². The number of carbonyl (C=O) groups is 2. The molecule has 0 aliphatic carbocycles. The van der Waals surface area contributed by atoms with Crippen LogP contribution in [0.5, 0.6) is 0 Å². The maximum absolute atomic E-state index is 13.9. The number of anilines is 1. The van der Waals surface area contributed by atoms with E-state index in [2.05, 4.69) is 35.3 Å². The number of pyridine rings is 2. The number of amides is 2. The Morgan fingerprint density at radius 1 is 0.836 bits per heavy atom. The highest BCUT2D eigenvalue weighted by Gasteiger charge is 2.30. The molecule has 0 spiro atoms. The van der Waals surface area contributed by atoms with Crippen LogP contribution in [0, 0.1) is 5.82 Å². The predicted molar refractivity (Wildman–Crippen MR) is 218 cm³/mol. The van der Waals surface area contributed by atoms with Gasteiger partial charge in [0.15, 0.2) is 17.3 Å². The van der Waals surface area contributed by atoms with E-state index in [-0.39, 0.29) is 29.9 Å². The third-order valence-corrected chi connectivity index (χ3v) is 11.1.